The summed E-state index contributed by atoms with van der Waals surface area (Å²) in [5.74, 6) is 0.823. The molecule has 0 radical (unpaired) electrons. The van der Waals surface area contributed by atoms with Crippen molar-refractivity contribution >= 4 is 0 Å². The van der Waals surface area contributed by atoms with E-state index in [4.69, 9.17) is 0 Å². The molecule has 1 fully saturated rings. The molecule has 0 aromatic rings. The van der Waals surface area contributed by atoms with E-state index in [1.807, 2.05) is 6.92 Å². The first-order valence-electron chi connectivity index (χ1n) is 7.02. The molecule has 1 aliphatic rings. The van der Waals surface area contributed by atoms with Crippen LogP contribution in [0.5, 0.6) is 0 Å². The zero-order valence-electron chi connectivity index (χ0n) is 12.4. The lowest BCUT2D eigenvalue weighted by atomic mass is 9.94. The number of likely N-dealkylation sites (tertiary alicyclic amines) is 1. The highest BCUT2D eigenvalue weighted by atomic mass is 15.2. The largest absolute Gasteiger partial charge is 0.309 e. The first-order valence-corrected chi connectivity index (χ1v) is 7.02. The van der Waals surface area contributed by atoms with Crippen LogP contribution in [-0.2, 0) is 0 Å². The second kappa shape index (κ2) is 7.08. The molecule has 0 aromatic carbocycles. The Morgan fingerprint density at radius 1 is 1.39 bits per heavy atom. The van der Waals surface area contributed by atoms with E-state index < -0.39 is 5.54 Å². The first kappa shape index (κ1) is 15.4. The fourth-order valence-corrected chi connectivity index (χ4v) is 2.81. The third kappa shape index (κ3) is 4.93. The van der Waals surface area contributed by atoms with E-state index in [1.165, 1.54) is 19.4 Å². The van der Waals surface area contributed by atoms with Gasteiger partial charge in [-0.1, -0.05) is 6.92 Å². The van der Waals surface area contributed by atoms with E-state index in [-0.39, 0.29) is 0 Å². The Labute approximate surface area is 112 Å². The van der Waals surface area contributed by atoms with Gasteiger partial charge in [0.1, 0.15) is 5.54 Å². The van der Waals surface area contributed by atoms with Gasteiger partial charge in [0.2, 0.25) is 0 Å². The summed E-state index contributed by atoms with van der Waals surface area (Å²) in [7, 11) is 4.29. The maximum Gasteiger partial charge on any atom is 0.116 e. The van der Waals surface area contributed by atoms with Crippen LogP contribution in [0.1, 0.15) is 26.7 Å². The van der Waals surface area contributed by atoms with E-state index >= 15 is 0 Å². The van der Waals surface area contributed by atoms with Crippen molar-refractivity contribution in [3.63, 3.8) is 0 Å². The molecule has 4 heteroatoms. The average molecular weight is 252 g/mol. The summed E-state index contributed by atoms with van der Waals surface area (Å²) in [6.07, 6.45) is 2.51. The van der Waals surface area contributed by atoms with Crippen LogP contribution in [0.15, 0.2) is 0 Å². The molecule has 1 aliphatic heterocycles. The van der Waals surface area contributed by atoms with E-state index in [9.17, 15) is 5.26 Å². The van der Waals surface area contributed by atoms with Gasteiger partial charge in [0, 0.05) is 13.1 Å². The summed E-state index contributed by atoms with van der Waals surface area (Å²) in [5, 5.41) is 12.6. The lowest BCUT2D eigenvalue weighted by Crippen LogP contribution is -2.52. The molecule has 1 atom stereocenters. The summed E-state index contributed by atoms with van der Waals surface area (Å²) >= 11 is 0. The van der Waals surface area contributed by atoms with Crippen LogP contribution in [0, 0.1) is 17.2 Å². The van der Waals surface area contributed by atoms with Crippen molar-refractivity contribution in [2.45, 2.75) is 32.2 Å². The molecule has 0 bridgehead atoms. The molecule has 1 heterocycles. The van der Waals surface area contributed by atoms with Gasteiger partial charge in [-0.3, -0.25) is 5.32 Å². The number of nitrogens with zero attached hydrogens (tertiary/aromatic N) is 3. The highest BCUT2D eigenvalue weighted by molar-refractivity contribution is 5.05. The smallest absolute Gasteiger partial charge is 0.116 e. The fourth-order valence-electron chi connectivity index (χ4n) is 2.81. The third-order valence-corrected chi connectivity index (χ3v) is 3.68. The number of hydrogen-bond acceptors (Lipinski definition) is 4. The minimum absolute atomic E-state index is 0.400. The second-order valence-electron chi connectivity index (χ2n) is 5.96. The lowest BCUT2D eigenvalue weighted by molar-refractivity contribution is 0.141. The Hall–Kier alpha value is -0.630. The van der Waals surface area contributed by atoms with Gasteiger partial charge in [-0.15, -0.1) is 0 Å². The maximum atomic E-state index is 9.27. The van der Waals surface area contributed by atoms with Crippen molar-refractivity contribution in [2.24, 2.45) is 5.92 Å². The Morgan fingerprint density at radius 2 is 2.00 bits per heavy atom. The van der Waals surface area contributed by atoms with Crippen molar-refractivity contribution in [3.8, 4) is 6.07 Å². The maximum absolute atomic E-state index is 9.27. The van der Waals surface area contributed by atoms with Gasteiger partial charge in [0.15, 0.2) is 0 Å². The number of likely N-dealkylation sites (N-methyl/N-ethyl adjacent to an activating group) is 1. The van der Waals surface area contributed by atoms with Crippen LogP contribution in [-0.4, -0.2) is 62.2 Å². The molecule has 18 heavy (non-hydrogen) atoms. The Bertz CT molecular complexity index is 276. The number of hydrogen-bond donors (Lipinski definition) is 1. The first-order chi connectivity index (χ1) is 8.49. The molecular formula is C14H28N4. The zero-order chi connectivity index (χ0) is 13.6. The molecule has 4 nitrogen and oxygen atoms in total. The molecule has 0 aliphatic carbocycles. The summed E-state index contributed by atoms with van der Waals surface area (Å²) in [6, 6.07) is 2.41. The van der Waals surface area contributed by atoms with Crippen LogP contribution in [0.4, 0.5) is 0 Å². The second-order valence-corrected chi connectivity index (χ2v) is 5.96. The van der Waals surface area contributed by atoms with Crippen molar-refractivity contribution in [3.05, 3.63) is 0 Å². The van der Waals surface area contributed by atoms with Gasteiger partial charge in [-0.2, -0.15) is 5.26 Å². The van der Waals surface area contributed by atoms with Gasteiger partial charge in [-0.05, 0) is 59.4 Å². The highest BCUT2D eigenvalue weighted by Gasteiger charge is 2.28. The predicted molar refractivity (Wildman–Crippen MR) is 75.4 cm³/mol. The lowest BCUT2D eigenvalue weighted by Gasteiger charge is -2.37. The van der Waals surface area contributed by atoms with Gasteiger partial charge < -0.3 is 9.80 Å². The molecule has 1 unspecified atom stereocenters. The number of nitriles is 1. The normalized spacial score (nSPS) is 21.8. The molecule has 0 spiro atoms. The fraction of sp³-hybridized carbons (Fsp3) is 0.929. The van der Waals surface area contributed by atoms with Gasteiger partial charge in [-0.25, -0.2) is 0 Å². The SMILES string of the molecule is CCNC(C)(C#N)CN1CCC(CN(C)C)CC1. The summed E-state index contributed by atoms with van der Waals surface area (Å²) in [5.41, 5.74) is -0.400. The Kier molecular flexibility index (Phi) is 6.07. The van der Waals surface area contributed by atoms with Gasteiger partial charge >= 0.3 is 0 Å². The molecule has 0 saturated carbocycles. The van der Waals surface area contributed by atoms with E-state index in [1.54, 1.807) is 0 Å². The quantitative estimate of drug-likeness (QED) is 0.770. The average Bonchev–Trinajstić information content (AvgIpc) is 2.31. The minimum atomic E-state index is -0.400. The Morgan fingerprint density at radius 3 is 2.44 bits per heavy atom. The molecule has 0 amide bonds. The minimum Gasteiger partial charge on any atom is -0.309 e. The standard InChI is InChI=1S/C14H28N4/c1-5-16-14(2,11-15)12-18-8-6-13(7-9-18)10-17(3)4/h13,16H,5-10,12H2,1-4H3. The molecule has 0 aromatic heterocycles. The number of nitrogens with one attached hydrogen (secondary N) is 1. The van der Waals surface area contributed by atoms with Gasteiger partial charge in [0.05, 0.1) is 6.07 Å². The van der Waals surface area contributed by atoms with Crippen LogP contribution >= 0.6 is 0 Å². The summed E-state index contributed by atoms with van der Waals surface area (Å²) in [6.45, 7) is 9.19. The molecule has 1 rings (SSSR count). The van der Waals surface area contributed by atoms with Crippen LogP contribution in [0.25, 0.3) is 0 Å². The van der Waals surface area contributed by atoms with Crippen LogP contribution < -0.4 is 5.32 Å². The monoisotopic (exact) mass is 252 g/mol. The van der Waals surface area contributed by atoms with Crippen LogP contribution in [0.3, 0.4) is 0 Å². The highest BCUT2D eigenvalue weighted by Crippen LogP contribution is 2.19. The number of piperidine rings is 1. The zero-order valence-corrected chi connectivity index (χ0v) is 12.4. The van der Waals surface area contributed by atoms with Crippen molar-refractivity contribution in [2.75, 3.05) is 46.8 Å². The van der Waals surface area contributed by atoms with Crippen molar-refractivity contribution < 1.29 is 0 Å². The predicted octanol–water partition coefficient (Wildman–Crippen LogP) is 1.15. The van der Waals surface area contributed by atoms with E-state index in [2.05, 4.69) is 42.2 Å². The van der Waals surface area contributed by atoms with Gasteiger partial charge in [0.25, 0.3) is 0 Å². The third-order valence-electron chi connectivity index (χ3n) is 3.68. The summed E-state index contributed by atoms with van der Waals surface area (Å²) < 4.78 is 0. The van der Waals surface area contributed by atoms with E-state index in [0.717, 1.165) is 32.1 Å². The summed E-state index contributed by atoms with van der Waals surface area (Å²) in [4.78, 5) is 4.70. The Balaban J connectivity index is 2.37. The topological polar surface area (TPSA) is 42.3 Å². The van der Waals surface area contributed by atoms with Crippen molar-refractivity contribution in [1.82, 2.24) is 15.1 Å². The molecule has 1 N–H and O–H groups in total. The van der Waals surface area contributed by atoms with E-state index in [0.29, 0.717) is 0 Å². The molecular weight excluding hydrogens is 224 g/mol. The van der Waals surface area contributed by atoms with Crippen molar-refractivity contribution in [1.29, 1.82) is 5.26 Å². The number of rotatable bonds is 6. The molecule has 1 saturated heterocycles. The molecule has 104 valence electrons. The van der Waals surface area contributed by atoms with Crippen LogP contribution in [0.2, 0.25) is 0 Å².